The summed E-state index contributed by atoms with van der Waals surface area (Å²) >= 11 is 0. The van der Waals surface area contributed by atoms with Crippen molar-refractivity contribution in [3.05, 3.63) is 0 Å². The second kappa shape index (κ2) is 5.35. The zero-order valence-electron chi connectivity index (χ0n) is 9.25. The maximum absolute atomic E-state index is 11.5. The molecule has 82 valence electrons. The largest absolute Gasteiger partial charge is 0.352 e. The van der Waals surface area contributed by atoms with E-state index in [4.69, 9.17) is 5.73 Å². The monoisotopic (exact) mass is 198 g/mol. The molecule has 0 spiro atoms. The Balaban J connectivity index is 2.17. The molecule has 1 amide bonds. The molecule has 0 aromatic rings. The Kier molecular flexibility index (Phi) is 4.39. The van der Waals surface area contributed by atoms with Gasteiger partial charge in [0, 0.05) is 19.0 Å². The summed E-state index contributed by atoms with van der Waals surface area (Å²) in [5.41, 5.74) is 5.60. The first-order chi connectivity index (χ1) is 6.63. The highest BCUT2D eigenvalue weighted by molar-refractivity contribution is 5.76. The van der Waals surface area contributed by atoms with E-state index >= 15 is 0 Å². The van der Waals surface area contributed by atoms with Crippen LogP contribution in [0.25, 0.3) is 0 Å². The van der Waals surface area contributed by atoms with Crippen molar-refractivity contribution >= 4 is 5.91 Å². The van der Waals surface area contributed by atoms with E-state index in [-0.39, 0.29) is 11.9 Å². The minimum absolute atomic E-state index is 0.168. The molecule has 1 fully saturated rings. The van der Waals surface area contributed by atoms with Crippen LogP contribution in [0.15, 0.2) is 0 Å². The summed E-state index contributed by atoms with van der Waals surface area (Å²) in [7, 11) is 0. The van der Waals surface area contributed by atoms with Crippen LogP contribution in [0, 0.1) is 11.8 Å². The van der Waals surface area contributed by atoms with Gasteiger partial charge in [0.25, 0.3) is 0 Å². The molecule has 0 bridgehead atoms. The SMILES string of the molecule is CC(C)CCC(=O)NC(CN)C1CC1. The summed E-state index contributed by atoms with van der Waals surface area (Å²) in [4.78, 5) is 11.5. The molecular weight excluding hydrogens is 176 g/mol. The van der Waals surface area contributed by atoms with Gasteiger partial charge < -0.3 is 11.1 Å². The van der Waals surface area contributed by atoms with Gasteiger partial charge in [0.05, 0.1) is 0 Å². The fourth-order valence-corrected chi connectivity index (χ4v) is 1.57. The van der Waals surface area contributed by atoms with Gasteiger partial charge in [0.2, 0.25) is 5.91 Å². The molecule has 3 heteroatoms. The van der Waals surface area contributed by atoms with Crippen molar-refractivity contribution in [2.75, 3.05) is 6.54 Å². The summed E-state index contributed by atoms with van der Waals surface area (Å²) in [6.45, 7) is 4.85. The highest BCUT2D eigenvalue weighted by atomic mass is 16.1. The van der Waals surface area contributed by atoms with E-state index in [2.05, 4.69) is 19.2 Å². The van der Waals surface area contributed by atoms with Gasteiger partial charge >= 0.3 is 0 Å². The molecule has 3 N–H and O–H groups in total. The lowest BCUT2D eigenvalue weighted by Crippen LogP contribution is -2.41. The fraction of sp³-hybridized carbons (Fsp3) is 0.909. The van der Waals surface area contributed by atoms with Crippen LogP contribution < -0.4 is 11.1 Å². The van der Waals surface area contributed by atoms with Crippen LogP contribution in [0.3, 0.4) is 0 Å². The third-order valence-electron chi connectivity index (χ3n) is 2.74. The molecule has 0 aromatic heterocycles. The van der Waals surface area contributed by atoms with Gasteiger partial charge in [-0.05, 0) is 31.1 Å². The van der Waals surface area contributed by atoms with Crippen molar-refractivity contribution in [3.8, 4) is 0 Å². The van der Waals surface area contributed by atoms with E-state index in [1.807, 2.05) is 0 Å². The third kappa shape index (κ3) is 4.09. The van der Waals surface area contributed by atoms with Crippen molar-refractivity contribution in [2.45, 2.75) is 45.6 Å². The minimum Gasteiger partial charge on any atom is -0.352 e. The number of nitrogens with one attached hydrogen (secondary N) is 1. The molecule has 1 rings (SSSR count). The normalized spacial score (nSPS) is 18.3. The van der Waals surface area contributed by atoms with Crippen LogP contribution >= 0.6 is 0 Å². The highest BCUT2D eigenvalue weighted by Gasteiger charge is 2.30. The summed E-state index contributed by atoms with van der Waals surface area (Å²) in [5, 5.41) is 3.02. The van der Waals surface area contributed by atoms with Gasteiger partial charge in [-0.1, -0.05) is 13.8 Å². The molecule has 0 saturated heterocycles. The van der Waals surface area contributed by atoms with Gasteiger partial charge in [-0.3, -0.25) is 4.79 Å². The van der Waals surface area contributed by atoms with Gasteiger partial charge in [0.15, 0.2) is 0 Å². The van der Waals surface area contributed by atoms with Crippen molar-refractivity contribution in [1.29, 1.82) is 0 Å². The van der Waals surface area contributed by atoms with Crippen LogP contribution in [0.1, 0.15) is 39.5 Å². The van der Waals surface area contributed by atoms with E-state index in [1.54, 1.807) is 0 Å². The smallest absolute Gasteiger partial charge is 0.220 e. The molecular formula is C11H22N2O. The number of amides is 1. The summed E-state index contributed by atoms with van der Waals surface area (Å²) in [5.74, 6) is 1.42. The predicted octanol–water partition coefficient (Wildman–Crippen LogP) is 1.28. The van der Waals surface area contributed by atoms with Crippen molar-refractivity contribution in [2.24, 2.45) is 17.6 Å². The zero-order valence-corrected chi connectivity index (χ0v) is 9.25. The van der Waals surface area contributed by atoms with Crippen LogP contribution in [-0.2, 0) is 4.79 Å². The highest BCUT2D eigenvalue weighted by Crippen LogP contribution is 2.32. The predicted molar refractivity (Wildman–Crippen MR) is 57.8 cm³/mol. The Labute approximate surface area is 86.4 Å². The molecule has 14 heavy (non-hydrogen) atoms. The molecule has 0 aliphatic heterocycles. The van der Waals surface area contributed by atoms with Gasteiger partial charge in [-0.25, -0.2) is 0 Å². The zero-order chi connectivity index (χ0) is 10.6. The lowest BCUT2D eigenvalue weighted by Gasteiger charge is -2.16. The minimum atomic E-state index is 0.168. The summed E-state index contributed by atoms with van der Waals surface area (Å²) in [6.07, 6.45) is 4.06. The average Bonchev–Trinajstić information content (AvgIpc) is 2.94. The third-order valence-corrected chi connectivity index (χ3v) is 2.74. The average molecular weight is 198 g/mol. The van der Waals surface area contributed by atoms with Crippen molar-refractivity contribution in [3.63, 3.8) is 0 Å². The molecule has 0 heterocycles. The first-order valence-corrected chi connectivity index (χ1v) is 5.63. The Hall–Kier alpha value is -0.570. The van der Waals surface area contributed by atoms with E-state index in [1.165, 1.54) is 12.8 Å². The van der Waals surface area contributed by atoms with E-state index in [0.29, 0.717) is 24.8 Å². The maximum Gasteiger partial charge on any atom is 0.220 e. The Morgan fingerprint density at radius 1 is 1.50 bits per heavy atom. The lowest BCUT2D eigenvalue weighted by atomic mass is 10.1. The van der Waals surface area contributed by atoms with Crippen molar-refractivity contribution < 1.29 is 4.79 Å². The number of carbonyl (C=O) groups is 1. The molecule has 1 atom stereocenters. The summed E-state index contributed by atoms with van der Waals surface area (Å²) in [6, 6.07) is 0.231. The fourth-order valence-electron chi connectivity index (χ4n) is 1.57. The van der Waals surface area contributed by atoms with E-state index in [0.717, 1.165) is 6.42 Å². The second-order valence-corrected chi connectivity index (χ2v) is 4.68. The van der Waals surface area contributed by atoms with Gasteiger partial charge in [-0.2, -0.15) is 0 Å². The molecule has 1 aliphatic carbocycles. The topological polar surface area (TPSA) is 55.1 Å². The molecule has 0 aromatic carbocycles. The Morgan fingerprint density at radius 3 is 2.57 bits per heavy atom. The van der Waals surface area contributed by atoms with Crippen LogP contribution in [0.4, 0.5) is 0 Å². The van der Waals surface area contributed by atoms with Crippen molar-refractivity contribution in [1.82, 2.24) is 5.32 Å². The van der Waals surface area contributed by atoms with Crippen LogP contribution in [-0.4, -0.2) is 18.5 Å². The molecule has 1 unspecified atom stereocenters. The number of hydrogen-bond acceptors (Lipinski definition) is 2. The number of carbonyl (C=O) groups excluding carboxylic acids is 1. The first-order valence-electron chi connectivity index (χ1n) is 5.63. The molecule has 1 aliphatic rings. The Bertz CT molecular complexity index is 188. The van der Waals surface area contributed by atoms with Gasteiger partial charge in [-0.15, -0.1) is 0 Å². The molecule has 1 saturated carbocycles. The maximum atomic E-state index is 11.5. The molecule has 0 radical (unpaired) electrons. The first kappa shape index (κ1) is 11.5. The molecule has 3 nitrogen and oxygen atoms in total. The Morgan fingerprint density at radius 2 is 2.14 bits per heavy atom. The van der Waals surface area contributed by atoms with Crippen LogP contribution in [0.5, 0.6) is 0 Å². The summed E-state index contributed by atoms with van der Waals surface area (Å²) < 4.78 is 0. The standard InChI is InChI=1S/C11H22N2O/c1-8(2)3-6-11(14)13-10(7-12)9-4-5-9/h8-10H,3-7,12H2,1-2H3,(H,13,14). The quantitative estimate of drug-likeness (QED) is 0.675. The lowest BCUT2D eigenvalue weighted by molar-refractivity contribution is -0.122. The van der Waals surface area contributed by atoms with Crippen LogP contribution in [0.2, 0.25) is 0 Å². The van der Waals surface area contributed by atoms with Gasteiger partial charge in [0.1, 0.15) is 0 Å². The number of rotatable bonds is 6. The number of nitrogens with two attached hydrogens (primary N) is 1. The van der Waals surface area contributed by atoms with E-state index < -0.39 is 0 Å². The second-order valence-electron chi connectivity index (χ2n) is 4.68. The number of hydrogen-bond donors (Lipinski definition) is 2. The van der Waals surface area contributed by atoms with E-state index in [9.17, 15) is 4.79 Å².